The molecule has 0 amide bonds. The van der Waals surface area contributed by atoms with Gasteiger partial charge in [0, 0.05) is 0 Å². The molecule has 0 aromatic heterocycles. The SMILES string of the molecule is CCCCC(CC)COC(Cl)C(C)O. The Hall–Kier alpha value is 0.210. The Kier molecular flexibility index (Phi) is 8.64. The Morgan fingerprint density at radius 2 is 2.00 bits per heavy atom. The average molecular weight is 223 g/mol. The molecule has 1 N–H and O–H groups in total. The van der Waals surface area contributed by atoms with Crippen molar-refractivity contribution in [3.63, 3.8) is 0 Å². The predicted molar refractivity (Wildman–Crippen MR) is 60.6 cm³/mol. The molecule has 2 nitrogen and oxygen atoms in total. The largest absolute Gasteiger partial charge is 0.389 e. The van der Waals surface area contributed by atoms with Crippen molar-refractivity contribution >= 4 is 11.6 Å². The van der Waals surface area contributed by atoms with E-state index in [0.29, 0.717) is 12.5 Å². The van der Waals surface area contributed by atoms with Crippen molar-refractivity contribution in [2.75, 3.05) is 6.61 Å². The van der Waals surface area contributed by atoms with Crippen LogP contribution in [0, 0.1) is 5.92 Å². The Labute approximate surface area is 92.6 Å². The number of halogens is 1. The zero-order valence-corrected chi connectivity index (χ0v) is 10.3. The molecule has 14 heavy (non-hydrogen) atoms. The fourth-order valence-corrected chi connectivity index (χ4v) is 1.34. The third-order valence-electron chi connectivity index (χ3n) is 2.41. The monoisotopic (exact) mass is 222 g/mol. The molecule has 0 rings (SSSR count). The van der Waals surface area contributed by atoms with E-state index < -0.39 is 11.7 Å². The van der Waals surface area contributed by atoms with Crippen molar-refractivity contribution < 1.29 is 9.84 Å². The van der Waals surface area contributed by atoms with Gasteiger partial charge >= 0.3 is 0 Å². The fourth-order valence-electron chi connectivity index (χ4n) is 1.27. The highest BCUT2D eigenvalue weighted by atomic mass is 35.5. The smallest absolute Gasteiger partial charge is 0.156 e. The van der Waals surface area contributed by atoms with E-state index >= 15 is 0 Å². The van der Waals surface area contributed by atoms with E-state index in [9.17, 15) is 0 Å². The van der Waals surface area contributed by atoms with Crippen LogP contribution >= 0.6 is 11.6 Å². The van der Waals surface area contributed by atoms with Crippen LogP contribution in [0.15, 0.2) is 0 Å². The number of aliphatic hydroxyl groups is 1. The van der Waals surface area contributed by atoms with Gasteiger partial charge < -0.3 is 9.84 Å². The fraction of sp³-hybridized carbons (Fsp3) is 1.00. The lowest BCUT2D eigenvalue weighted by Gasteiger charge is -2.19. The number of ether oxygens (including phenoxy) is 1. The van der Waals surface area contributed by atoms with E-state index in [1.165, 1.54) is 19.3 Å². The maximum Gasteiger partial charge on any atom is 0.156 e. The molecule has 0 aromatic carbocycles. The molecule has 3 heteroatoms. The van der Waals surface area contributed by atoms with Crippen LogP contribution in [0.25, 0.3) is 0 Å². The Bertz CT molecular complexity index is 128. The van der Waals surface area contributed by atoms with Crippen molar-refractivity contribution in [2.45, 2.75) is 58.1 Å². The maximum atomic E-state index is 9.13. The van der Waals surface area contributed by atoms with Crippen LogP contribution in [0.5, 0.6) is 0 Å². The summed E-state index contributed by atoms with van der Waals surface area (Å²) in [7, 11) is 0. The molecule has 0 spiro atoms. The summed E-state index contributed by atoms with van der Waals surface area (Å²) in [5.41, 5.74) is -0.564. The minimum Gasteiger partial charge on any atom is -0.389 e. The highest BCUT2D eigenvalue weighted by molar-refractivity contribution is 6.20. The van der Waals surface area contributed by atoms with E-state index in [2.05, 4.69) is 13.8 Å². The summed E-state index contributed by atoms with van der Waals surface area (Å²) in [5, 5.41) is 9.13. The lowest BCUT2D eigenvalue weighted by atomic mass is 10.0. The summed E-state index contributed by atoms with van der Waals surface area (Å²) in [6.45, 7) is 6.66. The van der Waals surface area contributed by atoms with Crippen LogP contribution in [0.2, 0.25) is 0 Å². The number of hydrogen-bond acceptors (Lipinski definition) is 2. The molecule has 3 atom stereocenters. The normalized spacial score (nSPS) is 17.8. The molecule has 0 radical (unpaired) electrons. The zero-order valence-electron chi connectivity index (χ0n) is 9.50. The van der Waals surface area contributed by atoms with Gasteiger partial charge in [0.05, 0.1) is 12.7 Å². The number of aliphatic hydroxyl groups excluding tert-OH is 1. The van der Waals surface area contributed by atoms with Gasteiger partial charge in [0.2, 0.25) is 0 Å². The summed E-state index contributed by atoms with van der Waals surface area (Å²) in [5.74, 6) is 0.579. The third-order valence-corrected chi connectivity index (χ3v) is 2.90. The van der Waals surface area contributed by atoms with Gasteiger partial charge in [0.15, 0.2) is 5.56 Å². The van der Waals surface area contributed by atoms with E-state index in [1.807, 2.05) is 0 Å². The molecule has 0 saturated carbocycles. The molecule has 0 saturated heterocycles. The number of rotatable bonds is 8. The molecule has 3 unspecified atom stereocenters. The van der Waals surface area contributed by atoms with Crippen molar-refractivity contribution in [1.82, 2.24) is 0 Å². The molecule has 0 fully saturated rings. The molecule has 0 aromatic rings. The van der Waals surface area contributed by atoms with E-state index in [1.54, 1.807) is 6.92 Å². The first-order chi connectivity index (χ1) is 6.61. The van der Waals surface area contributed by atoms with Gasteiger partial charge in [-0.3, -0.25) is 0 Å². The lowest BCUT2D eigenvalue weighted by Crippen LogP contribution is -2.23. The number of hydrogen-bond donors (Lipinski definition) is 1. The maximum absolute atomic E-state index is 9.13. The summed E-state index contributed by atoms with van der Waals surface area (Å²) >= 11 is 5.78. The zero-order chi connectivity index (χ0) is 11.0. The standard InChI is InChI=1S/C11H23ClO2/c1-4-6-7-10(5-2)8-14-11(12)9(3)13/h9-11,13H,4-8H2,1-3H3. The molecule has 0 bridgehead atoms. The molecular weight excluding hydrogens is 200 g/mol. The quantitative estimate of drug-likeness (QED) is 0.640. The van der Waals surface area contributed by atoms with Crippen LogP contribution in [0.3, 0.4) is 0 Å². The van der Waals surface area contributed by atoms with E-state index in [0.717, 1.165) is 6.42 Å². The average Bonchev–Trinajstić information content (AvgIpc) is 2.17. The number of unbranched alkanes of at least 4 members (excludes halogenated alkanes) is 1. The molecule has 86 valence electrons. The van der Waals surface area contributed by atoms with E-state index in [-0.39, 0.29) is 0 Å². The van der Waals surface area contributed by atoms with Crippen LogP contribution < -0.4 is 0 Å². The van der Waals surface area contributed by atoms with Gasteiger partial charge in [-0.15, -0.1) is 0 Å². The van der Waals surface area contributed by atoms with Crippen molar-refractivity contribution in [3.8, 4) is 0 Å². The Morgan fingerprint density at radius 3 is 2.43 bits per heavy atom. The van der Waals surface area contributed by atoms with Crippen molar-refractivity contribution in [2.24, 2.45) is 5.92 Å². The minimum absolute atomic E-state index is 0.564. The first kappa shape index (κ1) is 14.2. The Balaban J connectivity index is 3.60. The molecule has 0 aliphatic rings. The van der Waals surface area contributed by atoms with Gasteiger partial charge in [-0.25, -0.2) is 0 Å². The molecule has 0 aliphatic carbocycles. The molecule has 0 aliphatic heterocycles. The van der Waals surface area contributed by atoms with Crippen LogP contribution in [-0.4, -0.2) is 23.4 Å². The highest BCUT2D eigenvalue weighted by Crippen LogP contribution is 2.15. The predicted octanol–water partition coefficient (Wildman–Crippen LogP) is 3.17. The lowest BCUT2D eigenvalue weighted by molar-refractivity contribution is 0.00116. The van der Waals surface area contributed by atoms with Crippen LogP contribution in [0.1, 0.15) is 46.5 Å². The van der Waals surface area contributed by atoms with Gasteiger partial charge in [-0.2, -0.15) is 0 Å². The first-order valence-electron chi connectivity index (χ1n) is 5.55. The summed E-state index contributed by atoms with van der Waals surface area (Å²) in [4.78, 5) is 0. The summed E-state index contributed by atoms with van der Waals surface area (Å²) < 4.78 is 5.37. The van der Waals surface area contributed by atoms with Crippen molar-refractivity contribution in [3.05, 3.63) is 0 Å². The second-order valence-corrected chi connectivity index (χ2v) is 4.27. The molecular formula is C11H23ClO2. The summed E-state index contributed by atoms with van der Waals surface area (Å²) in [6.07, 6.45) is 4.17. The van der Waals surface area contributed by atoms with Gasteiger partial charge in [0.25, 0.3) is 0 Å². The second-order valence-electron chi connectivity index (χ2n) is 3.84. The van der Waals surface area contributed by atoms with E-state index in [4.69, 9.17) is 21.4 Å². The number of alkyl halides is 1. The minimum atomic E-state index is -0.597. The Morgan fingerprint density at radius 1 is 1.36 bits per heavy atom. The second kappa shape index (κ2) is 8.51. The topological polar surface area (TPSA) is 29.5 Å². The van der Waals surface area contributed by atoms with Crippen LogP contribution in [0.4, 0.5) is 0 Å². The van der Waals surface area contributed by atoms with Crippen LogP contribution in [-0.2, 0) is 4.74 Å². The van der Waals surface area contributed by atoms with Crippen molar-refractivity contribution in [1.29, 1.82) is 0 Å². The highest BCUT2D eigenvalue weighted by Gasteiger charge is 2.14. The van der Waals surface area contributed by atoms with Gasteiger partial charge in [0.1, 0.15) is 0 Å². The van der Waals surface area contributed by atoms with Gasteiger partial charge in [-0.05, 0) is 19.3 Å². The third kappa shape index (κ3) is 6.63. The molecule has 0 heterocycles. The van der Waals surface area contributed by atoms with Gasteiger partial charge in [-0.1, -0.05) is 44.7 Å². The summed E-state index contributed by atoms with van der Waals surface area (Å²) in [6, 6.07) is 0. The first-order valence-corrected chi connectivity index (χ1v) is 5.99.